The topological polar surface area (TPSA) is 38.3 Å². The second-order valence-electron chi connectivity index (χ2n) is 4.83. The summed E-state index contributed by atoms with van der Waals surface area (Å²) in [5, 5.41) is 2.78. The summed E-state index contributed by atoms with van der Waals surface area (Å²) in [5.41, 5.74) is 2.51. The van der Waals surface area contributed by atoms with Crippen molar-refractivity contribution < 1.29 is 13.9 Å². The van der Waals surface area contributed by atoms with Crippen LogP contribution in [0.1, 0.15) is 21.5 Å². The van der Waals surface area contributed by atoms with Gasteiger partial charge in [-0.3, -0.25) is 4.79 Å². The number of carbonyl (C=O) groups excluding carboxylic acids is 1. The van der Waals surface area contributed by atoms with E-state index in [1.807, 2.05) is 25.1 Å². The second-order valence-corrected chi connectivity index (χ2v) is 4.83. The Kier molecular flexibility index (Phi) is 4.93. The largest absolute Gasteiger partial charge is 0.496 e. The Hall–Kier alpha value is -2.36. The Morgan fingerprint density at radius 1 is 1.24 bits per heavy atom. The Morgan fingerprint density at radius 3 is 2.76 bits per heavy atom. The van der Waals surface area contributed by atoms with Gasteiger partial charge in [-0.1, -0.05) is 23.8 Å². The molecule has 0 bridgehead atoms. The van der Waals surface area contributed by atoms with E-state index < -0.39 is 5.82 Å². The fourth-order valence-corrected chi connectivity index (χ4v) is 2.15. The van der Waals surface area contributed by atoms with Crippen molar-refractivity contribution in [3.05, 3.63) is 65.0 Å². The van der Waals surface area contributed by atoms with Gasteiger partial charge in [-0.2, -0.15) is 0 Å². The van der Waals surface area contributed by atoms with E-state index in [0.717, 1.165) is 16.9 Å². The summed E-state index contributed by atoms with van der Waals surface area (Å²) in [5.74, 6) is 0.115. The van der Waals surface area contributed by atoms with Crippen LogP contribution in [-0.2, 0) is 6.42 Å². The van der Waals surface area contributed by atoms with Gasteiger partial charge < -0.3 is 10.1 Å². The SMILES string of the molecule is COc1ccc(C)cc1CCNC(=O)c1cccc(F)c1. The summed E-state index contributed by atoms with van der Waals surface area (Å²) >= 11 is 0. The smallest absolute Gasteiger partial charge is 0.251 e. The van der Waals surface area contributed by atoms with Crippen LogP contribution in [0.5, 0.6) is 5.75 Å². The first-order chi connectivity index (χ1) is 10.1. The Morgan fingerprint density at radius 2 is 2.05 bits per heavy atom. The molecule has 0 heterocycles. The third-order valence-corrected chi connectivity index (χ3v) is 3.20. The molecule has 0 spiro atoms. The van der Waals surface area contributed by atoms with E-state index in [4.69, 9.17) is 4.74 Å². The molecule has 0 radical (unpaired) electrons. The first-order valence-electron chi connectivity index (χ1n) is 6.77. The van der Waals surface area contributed by atoms with Gasteiger partial charge in [0.25, 0.3) is 5.91 Å². The number of benzene rings is 2. The highest BCUT2D eigenvalue weighted by Gasteiger charge is 2.07. The van der Waals surface area contributed by atoms with Gasteiger partial charge in [-0.15, -0.1) is 0 Å². The summed E-state index contributed by atoms with van der Waals surface area (Å²) in [4.78, 5) is 11.9. The standard InChI is InChI=1S/C17H18FNO2/c1-12-6-7-16(21-2)13(10-12)8-9-19-17(20)14-4-3-5-15(18)11-14/h3-7,10-11H,8-9H2,1-2H3,(H,19,20). The average molecular weight is 287 g/mol. The lowest BCUT2D eigenvalue weighted by Gasteiger charge is -2.10. The fraction of sp³-hybridized carbons (Fsp3) is 0.235. The van der Waals surface area contributed by atoms with Crippen LogP contribution in [0.15, 0.2) is 42.5 Å². The van der Waals surface area contributed by atoms with Crippen LogP contribution in [0.4, 0.5) is 4.39 Å². The summed E-state index contributed by atoms with van der Waals surface area (Å²) in [7, 11) is 1.62. The highest BCUT2D eigenvalue weighted by Crippen LogP contribution is 2.19. The third-order valence-electron chi connectivity index (χ3n) is 3.20. The van der Waals surface area contributed by atoms with E-state index >= 15 is 0 Å². The first kappa shape index (κ1) is 15.0. The molecule has 3 nitrogen and oxygen atoms in total. The molecule has 0 aliphatic rings. The van der Waals surface area contributed by atoms with E-state index in [-0.39, 0.29) is 5.91 Å². The van der Waals surface area contributed by atoms with Crippen LogP contribution in [0.2, 0.25) is 0 Å². The Bertz CT molecular complexity index is 640. The van der Waals surface area contributed by atoms with Crippen LogP contribution in [-0.4, -0.2) is 19.6 Å². The zero-order chi connectivity index (χ0) is 15.2. The van der Waals surface area contributed by atoms with Gasteiger partial charge in [0.15, 0.2) is 0 Å². The minimum absolute atomic E-state index is 0.277. The summed E-state index contributed by atoms with van der Waals surface area (Å²) in [6, 6.07) is 11.6. The maximum Gasteiger partial charge on any atom is 0.251 e. The van der Waals surface area contributed by atoms with Gasteiger partial charge in [-0.25, -0.2) is 4.39 Å². The molecule has 110 valence electrons. The number of ether oxygens (including phenoxy) is 1. The summed E-state index contributed by atoms with van der Waals surface area (Å²) in [6.07, 6.45) is 0.659. The normalized spacial score (nSPS) is 10.2. The Balaban J connectivity index is 1.95. The maximum atomic E-state index is 13.1. The predicted molar refractivity (Wildman–Crippen MR) is 80.2 cm³/mol. The van der Waals surface area contributed by atoms with E-state index in [2.05, 4.69) is 5.32 Å². The van der Waals surface area contributed by atoms with Crippen LogP contribution in [0.3, 0.4) is 0 Å². The monoisotopic (exact) mass is 287 g/mol. The van der Waals surface area contributed by atoms with Crippen molar-refractivity contribution in [2.75, 3.05) is 13.7 Å². The van der Waals surface area contributed by atoms with E-state index in [9.17, 15) is 9.18 Å². The van der Waals surface area contributed by atoms with Crippen molar-refractivity contribution in [2.24, 2.45) is 0 Å². The zero-order valence-corrected chi connectivity index (χ0v) is 12.2. The average Bonchev–Trinajstić information content (AvgIpc) is 2.47. The molecule has 0 saturated carbocycles. The van der Waals surface area contributed by atoms with Crippen LogP contribution < -0.4 is 10.1 Å². The van der Waals surface area contributed by atoms with Crippen molar-refractivity contribution in [1.82, 2.24) is 5.32 Å². The van der Waals surface area contributed by atoms with Crippen molar-refractivity contribution in [3.8, 4) is 5.75 Å². The number of hydrogen-bond donors (Lipinski definition) is 1. The molecule has 2 aromatic carbocycles. The maximum absolute atomic E-state index is 13.1. The van der Waals surface area contributed by atoms with Gasteiger partial charge in [0.1, 0.15) is 11.6 Å². The molecule has 0 aromatic heterocycles. The number of aryl methyl sites for hydroxylation is 1. The molecule has 1 amide bonds. The van der Waals surface area contributed by atoms with Gasteiger partial charge in [-0.05, 0) is 43.2 Å². The molecular weight excluding hydrogens is 269 g/mol. The molecule has 4 heteroatoms. The van der Waals surface area contributed by atoms with Gasteiger partial charge in [0.2, 0.25) is 0 Å². The predicted octanol–water partition coefficient (Wildman–Crippen LogP) is 3.12. The first-order valence-corrected chi connectivity index (χ1v) is 6.77. The van der Waals surface area contributed by atoms with Crippen LogP contribution in [0, 0.1) is 12.7 Å². The highest BCUT2D eigenvalue weighted by molar-refractivity contribution is 5.94. The quantitative estimate of drug-likeness (QED) is 0.917. The number of hydrogen-bond acceptors (Lipinski definition) is 2. The Labute approximate surface area is 123 Å². The molecule has 21 heavy (non-hydrogen) atoms. The molecular formula is C17H18FNO2. The van der Waals surface area contributed by atoms with Crippen LogP contribution in [0.25, 0.3) is 0 Å². The minimum atomic E-state index is -0.414. The summed E-state index contributed by atoms with van der Waals surface area (Å²) in [6.45, 7) is 2.48. The number of carbonyl (C=O) groups is 1. The van der Waals surface area contributed by atoms with E-state index in [1.54, 1.807) is 13.2 Å². The number of rotatable bonds is 5. The number of halogens is 1. The van der Waals surface area contributed by atoms with Gasteiger partial charge in [0, 0.05) is 12.1 Å². The molecule has 2 rings (SSSR count). The minimum Gasteiger partial charge on any atom is -0.496 e. The third kappa shape index (κ3) is 4.05. The lowest BCUT2D eigenvalue weighted by molar-refractivity contribution is 0.0953. The van der Waals surface area contributed by atoms with Crippen molar-refractivity contribution >= 4 is 5.91 Å². The molecule has 0 aliphatic carbocycles. The zero-order valence-electron chi connectivity index (χ0n) is 12.2. The summed E-state index contributed by atoms with van der Waals surface area (Å²) < 4.78 is 18.4. The molecule has 1 N–H and O–H groups in total. The van der Waals surface area contributed by atoms with Crippen molar-refractivity contribution in [2.45, 2.75) is 13.3 Å². The number of methoxy groups -OCH3 is 1. The number of amides is 1. The molecule has 0 aliphatic heterocycles. The molecule has 0 unspecified atom stereocenters. The molecule has 0 atom stereocenters. The lowest BCUT2D eigenvalue weighted by Crippen LogP contribution is -2.25. The van der Waals surface area contributed by atoms with Gasteiger partial charge >= 0.3 is 0 Å². The molecule has 2 aromatic rings. The fourth-order valence-electron chi connectivity index (χ4n) is 2.15. The molecule has 0 fully saturated rings. The lowest BCUT2D eigenvalue weighted by atomic mass is 10.1. The van der Waals surface area contributed by atoms with Crippen molar-refractivity contribution in [3.63, 3.8) is 0 Å². The van der Waals surface area contributed by atoms with Crippen molar-refractivity contribution in [1.29, 1.82) is 0 Å². The van der Waals surface area contributed by atoms with Gasteiger partial charge in [0.05, 0.1) is 7.11 Å². The second kappa shape index (κ2) is 6.88. The van der Waals surface area contributed by atoms with Crippen LogP contribution >= 0.6 is 0 Å². The van der Waals surface area contributed by atoms with E-state index in [1.165, 1.54) is 18.2 Å². The molecule has 0 saturated heterocycles. The van der Waals surface area contributed by atoms with E-state index in [0.29, 0.717) is 18.5 Å². The number of nitrogens with one attached hydrogen (secondary N) is 1. The highest BCUT2D eigenvalue weighted by atomic mass is 19.1.